The van der Waals surface area contributed by atoms with Crippen LogP contribution in [0.1, 0.15) is 34.7 Å². The molecule has 5 rings (SSSR count). The molecule has 4 amide bonds. The van der Waals surface area contributed by atoms with Crippen molar-refractivity contribution in [3.8, 4) is 0 Å². The van der Waals surface area contributed by atoms with Crippen LogP contribution >= 0.6 is 0 Å². The van der Waals surface area contributed by atoms with Gasteiger partial charge in [-0.3, -0.25) is 14.5 Å². The van der Waals surface area contributed by atoms with Crippen LogP contribution in [0, 0.1) is 0 Å². The first-order valence-electron chi connectivity index (χ1n) is 11.2. The van der Waals surface area contributed by atoms with Crippen LogP contribution in [0.3, 0.4) is 0 Å². The van der Waals surface area contributed by atoms with Gasteiger partial charge >= 0.3 is 6.03 Å². The molecule has 33 heavy (non-hydrogen) atoms. The molecule has 1 atom stereocenters. The summed E-state index contributed by atoms with van der Waals surface area (Å²) in [4.78, 5) is 40.2. The molecule has 1 aliphatic carbocycles. The third-order valence-electron chi connectivity index (χ3n) is 6.55. The molecule has 0 saturated carbocycles. The molecule has 0 radical (unpaired) electrons. The first-order valence-corrected chi connectivity index (χ1v) is 11.2. The van der Waals surface area contributed by atoms with E-state index in [4.69, 9.17) is 0 Å². The van der Waals surface area contributed by atoms with E-state index >= 15 is 0 Å². The minimum Gasteiger partial charge on any atom is -0.344 e. The number of nitrogens with zero attached hydrogens (tertiary/aromatic N) is 1. The molecule has 166 valence electrons. The molecule has 1 aliphatic heterocycles. The smallest absolute Gasteiger partial charge is 0.325 e. The Morgan fingerprint density at radius 1 is 0.879 bits per heavy atom. The highest BCUT2D eigenvalue weighted by Crippen LogP contribution is 2.33. The van der Waals surface area contributed by atoms with Crippen LogP contribution in [0.5, 0.6) is 0 Å². The molecule has 3 aromatic carbocycles. The topological polar surface area (TPSA) is 78.5 Å². The number of amides is 4. The van der Waals surface area contributed by atoms with Crippen molar-refractivity contribution in [2.45, 2.75) is 30.8 Å². The van der Waals surface area contributed by atoms with E-state index in [-0.39, 0.29) is 24.4 Å². The van der Waals surface area contributed by atoms with Crippen LogP contribution < -0.4 is 10.6 Å². The zero-order valence-electron chi connectivity index (χ0n) is 18.2. The number of carbonyl (C=O) groups is 3. The number of carbonyl (C=O) groups excluding carboxylic acids is 3. The van der Waals surface area contributed by atoms with Crippen molar-refractivity contribution in [2.24, 2.45) is 0 Å². The number of aryl methyl sites for hydroxylation is 1. The van der Waals surface area contributed by atoms with E-state index in [1.165, 1.54) is 5.56 Å². The van der Waals surface area contributed by atoms with Gasteiger partial charge < -0.3 is 10.6 Å². The van der Waals surface area contributed by atoms with Gasteiger partial charge in [-0.2, -0.15) is 0 Å². The highest BCUT2D eigenvalue weighted by atomic mass is 16.2. The normalized spacial score (nSPS) is 19.5. The van der Waals surface area contributed by atoms with Gasteiger partial charge in [-0.25, -0.2) is 4.79 Å². The molecule has 2 aliphatic rings. The fourth-order valence-corrected chi connectivity index (χ4v) is 4.84. The third kappa shape index (κ3) is 4.00. The predicted octanol–water partition coefficient (Wildman–Crippen LogP) is 3.37. The van der Waals surface area contributed by atoms with Crippen molar-refractivity contribution >= 4 is 17.8 Å². The molecule has 6 nitrogen and oxygen atoms in total. The Hall–Kier alpha value is -3.93. The predicted molar refractivity (Wildman–Crippen MR) is 124 cm³/mol. The quantitative estimate of drug-likeness (QED) is 0.599. The van der Waals surface area contributed by atoms with Crippen molar-refractivity contribution in [3.63, 3.8) is 0 Å². The average Bonchev–Trinajstić information content (AvgIpc) is 3.07. The Labute approximate surface area is 192 Å². The second kappa shape index (κ2) is 8.54. The summed E-state index contributed by atoms with van der Waals surface area (Å²) in [6.07, 6.45) is 1.69. The highest BCUT2D eigenvalue weighted by molar-refractivity contribution is 6.09. The van der Waals surface area contributed by atoms with Gasteiger partial charge in [0.2, 0.25) is 5.91 Å². The number of hydrogen-bond donors (Lipinski definition) is 2. The van der Waals surface area contributed by atoms with E-state index in [9.17, 15) is 14.4 Å². The third-order valence-corrected chi connectivity index (χ3v) is 6.55. The van der Waals surface area contributed by atoms with Crippen LogP contribution in [0.25, 0.3) is 0 Å². The van der Waals surface area contributed by atoms with Gasteiger partial charge in [-0.1, -0.05) is 84.9 Å². The molecule has 1 spiro atoms. The summed E-state index contributed by atoms with van der Waals surface area (Å²) in [7, 11) is 0. The van der Waals surface area contributed by atoms with Gasteiger partial charge in [-0.05, 0) is 35.1 Å². The molecule has 1 heterocycles. The second-order valence-corrected chi connectivity index (χ2v) is 8.67. The van der Waals surface area contributed by atoms with E-state index in [0.717, 1.165) is 21.6 Å². The minimum atomic E-state index is -0.968. The largest absolute Gasteiger partial charge is 0.344 e. The molecule has 0 aromatic heterocycles. The summed E-state index contributed by atoms with van der Waals surface area (Å²) in [5.41, 5.74) is 3.15. The Morgan fingerprint density at radius 2 is 1.45 bits per heavy atom. The Balaban J connectivity index is 1.33. The fraction of sp³-hybridized carbons (Fsp3) is 0.222. The monoisotopic (exact) mass is 439 g/mol. The van der Waals surface area contributed by atoms with Crippen molar-refractivity contribution in [1.29, 1.82) is 0 Å². The van der Waals surface area contributed by atoms with Crippen molar-refractivity contribution in [2.75, 3.05) is 6.54 Å². The second-order valence-electron chi connectivity index (χ2n) is 8.67. The van der Waals surface area contributed by atoms with Crippen LogP contribution in [-0.2, 0) is 22.4 Å². The van der Waals surface area contributed by atoms with Crippen LogP contribution in [-0.4, -0.2) is 34.8 Å². The molecule has 2 N–H and O–H groups in total. The molecular formula is C27H25N3O3. The lowest BCUT2D eigenvalue weighted by atomic mass is 9.78. The fourth-order valence-electron chi connectivity index (χ4n) is 4.84. The van der Waals surface area contributed by atoms with Gasteiger partial charge in [0.05, 0.1) is 6.04 Å². The lowest BCUT2D eigenvalue weighted by molar-refractivity contribution is -0.135. The number of fused-ring (bicyclic) bond motifs is 1. The first kappa shape index (κ1) is 20.9. The summed E-state index contributed by atoms with van der Waals surface area (Å²) in [6.45, 7) is -0.315. The Kier molecular flexibility index (Phi) is 5.42. The van der Waals surface area contributed by atoms with Gasteiger partial charge in [-0.15, -0.1) is 0 Å². The van der Waals surface area contributed by atoms with E-state index < -0.39 is 11.6 Å². The maximum Gasteiger partial charge on any atom is 0.325 e. The van der Waals surface area contributed by atoms with E-state index in [1.807, 2.05) is 78.9 Å². The lowest BCUT2D eigenvalue weighted by Crippen LogP contribution is -2.51. The Bertz CT molecular complexity index is 1160. The molecule has 3 aromatic rings. The highest BCUT2D eigenvalue weighted by Gasteiger charge is 2.52. The zero-order chi connectivity index (χ0) is 22.8. The molecule has 0 bridgehead atoms. The number of rotatable bonds is 5. The number of benzene rings is 3. The summed E-state index contributed by atoms with van der Waals surface area (Å²) >= 11 is 0. The van der Waals surface area contributed by atoms with E-state index in [1.54, 1.807) is 0 Å². The zero-order valence-corrected chi connectivity index (χ0v) is 18.2. The standard InChI is InChI=1S/C27H25N3O3/c31-23(28-24(20-10-3-1-4-11-20)21-12-5-2-6-13-21)18-30-25(32)27(29-26(30)33)16-15-19-9-7-8-14-22(19)17-27/h1-14,24H,15-18H2,(H,28,31)(H,29,33). The van der Waals surface area contributed by atoms with Crippen LogP contribution in [0.4, 0.5) is 4.79 Å². The first-order chi connectivity index (χ1) is 16.1. The summed E-state index contributed by atoms with van der Waals surface area (Å²) in [5.74, 6) is -0.711. The summed E-state index contributed by atoms with van der Waals surface area (Å²) < 4.78 is 0. The van der Waals surface area contributed by atoms with E-state index in [2.05, 4.69) is 16.7 Å². The van der Waals surface area contributed by atoms with Gasteiger partial charge in [0.1, 0.15) is 12.1 Å². The molecular weight excluding hydrogens is 414 g/mol. The lowest BCUT2D eigenvalue weighted by Gasteiger charge is -2.32. The number of nitrogens with one attached hydrogen (secondary N) is 2. The average molecular weight is 440 g/mol. The maximum absolute atomic E-state index is 13.3. The Morgan fingerprint density at radius 3 is 2.09 bits per heavy atom. The van der Waals surface area contributed by atoms with E-state index in [0.29, 0.717) is 19.3 Å². The maximum atomic E-state index is 13.3. The van der Waals surface area contributed by atoms with Crippen molar-refractivity contribution in [1.82, 2.24) is 15.5 Å². The van der Waals surface area contributed by atoms with Gasteiger partial charge in [0, 0.05) is 6.42 Å². The van der Waals surface area contributed by atoms with Gasteiger partial charge in [0.25, 0.3) is 5.91 Å². The number of urea groups is 1. The molecule has 1 saturated heterocycles. The van der Waals surface area contributed by atoms with Crippen LogP contribution in [0.15, 0.2) is 84.9 Å². The summed E-state index contributed by atoms with van der Waals surface area (Å²) in [5, 5.41) is 5.90. The minimum absolute atomic E-state index is 0.315. The van der Waals surface area contributed by atoms with Crippen LogP contribution in [0.2, 0.25) is 0 Å². The van der Waals surface area contributed by atoms with Crippen molar-refractivity contribution in [3.05, 3.63) is 107 Å². The molecule has 6 heteroatoms. The molecule has 1 fully saturated rings. The SMILES string of the molecule is O=C(CN1C(=O)NC2(CCc3ccccc3C2)C1=O)NC(c1ccccc1)c1ccccc1. The number of imide groups is 1. The number of hydrogen-bond acceptors (Lipinski definition) is 3. The van der Waals surface area contributed by atoms with Gasteiger partial charge in [0.15, 0.2) is 0 Å². The van der Waals surface area contributed by atoms with Crippen molar-refractivity contribution < 1.29 is 14.4 Å². The molecule has 1 unspecified atom stereocenters. The summed E-state index contributed by atoms with van der Waals surface area (Å²) in [6, 6.07) is 26.4.